The van der Waals surface area contributed by atoms with Crippen LogP contribution in [0.25, 0.3) is 5.83 Å². The summed E-state index contributed by atoms with van der Waals surface area (Å²) >= 11 is 0. The van der Waals surface area contributed by atoms with E-state index < -0.39 is 17.5 Å². The van der Waals surface area contributed by atoms with Gasteiger partial charge in [0.05, 0.1) is 12.0 Å². The first kappa shape index (κ1) is 7.40. The molecule has 0 N–H and O–H groups in total. The van der Waals surface area contributed by atoms with E-state index in [0.717, 1.165) is 12.5 Å². The van der Waals surface area contributed by atoms with Crippen LogP contribution in [0.4, 0.5) is 13.2 Å². The third-order valence-electron chi connectivity index (χ3n) is 1.76. The molecule has 0 spiro atoms. The molecule has 1 aliphatic carbocycles. The fraction of sp³-hybridized carbons (Fsp3) is 0. The predicted molar refractivity (Wildman–Crippen MR) is 38.9 cm³/mol. The Kier molecular flexibility index (Phi) is 1.46. The Morgan fingerprint density at radius 1 is 1.00 bits per heavy atom. The van der Waals surface area contributed by atoms with Gasteiger partial charge in [-0.1, -0.05) is 12.1 Å². The number of benzene rings is 1. The molecule has 1 aromatic rings. The van der Waals surface area contributed by atoms with Crippen molar-refractivity contribution < 1.29 is 13.2 Å². The number of fused-ring (bicyclic) bond motifs is 1. The summed E-state index contributed by atoms with van der Waals surface area (Å²) in [5.41, 5.74) is -0.0139. The molecular weight excluding hydrogens is 165 g/mol. The zero-order chi connectivity index (χ0) is 8.72. The number of halogens is 3. The largest absolute Gasteiger partial charge is 0.208 e. The Morgan fingerprint density at radius 2 is 1.75 bits per heavy atom. The summed E-state index contributed by atoms with van der Waals surface area (Å²) < 4.78 is 38.2. The third kappa shape index (κ3) is 0.858. The average Bonchev–Trinajstić information content (AvgIpc) is 2.29. The van der Waals surface area contributed by atoms with Gasteiger partial charge < -0.3 is 0 Å². The van der Waals surface area contributed by atoms with Gasteiger partial charge in [0.15, 0.2) is 5.83 Å². The lowest BCUT2D eigenvalue weighted by atomic mass is 10.1. The van der Waals surface area contributed by atoms with Crippen LogP contribution < -0.4 is 0 Å². The molecule has 1 aliphatic rings. The first-order valence-electron chi connectivity index (χ1n) is 3.39. The molecule has 0 saturated heterocycles. The summed E-state index contributed by atoms with van der Waals surface area (Å²) in [6, 6.07) is 3.98. The summed E-state index contributed by atoms with van der Waals surface area (Å²) in [7, 11) is 0. The summed E-state index contributed by atoms with van der Waals surface area (Å²) in [5.74, 6) is -2.84. The molecule has 0 aromatic heterocycles. The van der Waals surface area contributed by atoms with Crippen molar-refractivity contribution in [2.24, 2.45) is 0 Å². The van der Waals surface area contributed by atoms with E-state index in [0.29, 0.717) is 0 Å². The highest BCUT2D eigenvalue weighted by Gasteiger charge is 2.25. The minimum Gasteiger partial charge on any atom is -0.208 e. The summed E-state index contributed by atoms with van der Waals surface area (Å²) in [4.78, 5) is 0. The van der Waals surface area contributed by atoms with Crippen molar-refractivity contribution in [2.45, 2.75) is 0 Å². The molecule has 0 aliphatic heterocycles. The van der Waals surface area contributed by atoms with Gasteiger partial charge in [0.1, 0.15) is 11.6 Å². The molecule has 0 unspecified atom stereocenters. The molecule has 0 fully saturated rings. The Labute approximate surface area is 67.3 Å². The van der Waals surface area contributed by atoms with Crippen molar-refractivity contribution in [3.8, 4) is 0 Å². The van der Waals surface area contributed by atoms with E-state index in [1.807, 2.05) is 0 Å². The van der Waals surface area contributed by atoms with Gasteiger partial charge in [0, 0.05) is 0 Å². The minimum atomic E-state index is -1.11. The summed E-state index contributed by atoms with van der Waals surface area (Å²) in [6.45, 7) is 0. The molecule has 0 saturated carbocycles. The zero-order valence-corrected chi connectivity index (χ0v) is 5.94. The quantitative estimate of drug-likeness (QED) is 0.560. The predicted octanol–water partition coefficient (Wildman–Crippen LogP) is 3.00. The molecular formula is C9H4F3. The molecule has 0 amide bonds. The van der Waals surface area contributed by atoms with Crippen molar-refractivity contribution in [3.63, 3.8) is 0 Å². The molecule has 12 heavy (non-hydrogen) atoms. The smallest absolute Gasteiger partial charge is 0.165 e. The van der Waals surface area contributed by atoms with E-state index in [1.165, 1.54) is 12.1 Å². The number of rotatable bonds is 0. The second-order valence-electron chi connectivity index (χ2n) is 2.51. The van der Waals surface area contributed by atoms with Crippen LogP contribution in [0.1, 0.15) is 11.1 Å². The molecule has 0 bridgehead atoms. The SMILES string of the molecule is FC1=C(F)c2c(F)cccc2[CH]1. The van der Waals surface area contributed by atoms with Crippen LogP contribution >= 0.6 is 0 Å². The maximum atomic E-state index is 12.9. The maximum absolute atomic E-state index is 12.9. The van der Waals surface area contributed by atoms with E-state index in [-0.39, 0.29) is 11.1 Å². The third-order valence-corrected chi connectivity index (χ3v) is 1.76. The first-order valence-corrected chi connectivity index (χ1v) is 3.39. The molecule has 0 heterocycles. The Hall–Kier alpha value is -1.25. The highest BCUT2D eigenvalue weighted by molar-refractivity contribution is 5.74. The fourth-order valence-electron chi connectivity index (χ4n) is 1.21. The monoisotopic (exact) mass is 169 g/mol. The van der Waals surface area contributed by atoms with Crippen molar-refractivity contribution in [1.82, 2.24) is 0 Å². The van der Waals surface area contributed by atoms with E-state index in [9.17, 15) is 13.2 Å². The molecule has 0 nitrogen and oxygen atoms in total. The topological polar surface area (TPSA) is 0 Å². The highest BCUT2D eigenvalue weighted by Crippen LogP contribution is 2.37. The average molecular weight is 169 g/mol. The normalized spacial score (nSPS) is 15.2. The molecule has 0 atom stereocenters. The number of hydrogen-bond donors (Lipinski definition) is 0. The standard InChI is InChI=1S/C9H4F3/c10-6-3-1-2-5-4-7(11)9(12)8(5)6/h1-4H. The van der Waals surface area contributed by atoms with Crippen molar-refractivity contribution in [2.75, 3.05) is 0 Å². The van der Waals surface area contributed by atoms with Crippen molar-refractivity contribution in [1.29, 1.82) is 0 Å². The van der Waals surface area contributed by atoms with E-state index >= 15 is 0 Å². The van der Waals surface area contributed by atoms with Crippen molar-refractivity contribution in [3.05, 3.63) is 47.4 Å². The van der Waals surface area contributed by atoms with E-state index in [1.54, 1.807) is 0 Å². The van der Waals surface area contributed by atoms with Gasteiger partial charge in [-0.3, -0.25) is 0 Å². The van der Waals surface area contributed by atoms with Crippen LogP contribution in [0.15, 0.2) is 24.0 Å². The first-order chi connectivity index (χ1) is 5.70. The number of hydrogen-bond acceptors (Lipinski definition) is 0. The lowest BCUT2D eigenvalue weighted by Gasteiger charge is -1.97. The van der Waals surface area contributed by atoms with Gasteiger partial charge in [-0.15, -0.1) is 0 Å². The lowest BCUT2D eigenvalue weighted by Crippen LogP contribution is -1.86. The maximum Gasteiger partial charge on any atom is 0.165 e. The van der Waals surface area contributed by atoms with Crippen LogP contribution in [-0.2, 0) is 0 Å². The molecule has 61 valence electrons. The molecule has 1 aromatic carbocycles. The summed E-state index contributed by atoms with van der Waals surface area (Å²) in [5, 5.41) is 0. The number of allylic oxidation sites excluding steroid dienone is 1. The van der Waals surface area contributed by atoms with Gasteiger partial charge in [-0.05, 0) is 11.6 Å². The van der Waals surface area contributed by atoms with Crippen LogP contribution in [-0.4, -0.2) is 0 Å². The second kappa shape index (κ2) is 2.37. The van der Waals surface area contributed by atoms with E-state index in [2.05, 4.69) is 0 Å². The van der Waals surface area contributed by atoms with Gasteiger partial charge in [0.2, 0.25) is 0 Å². The highest BCUT2D eigenvalue weighted by atomic mass is 19.2. The Balaban J connectivity index is 2.67. The van der Waals surface area contributed by atoms with Crippen LogP contribution in [0, 0.1) is 12.2 Å². The van der Waals surface area contributed by atoms with Crippen LogP contribution in [0.5, 0.6) is 0 Å². The van der Waals surface area contributed by atoms with Crippen LogP contribution in [0.3, 0.4) is 0 Å². The Morgan fingerprint density at radius 3 is 2.42 bits per heavy atom. The van der Waals surface area contributed by atoms with Gasteiger partial charge in [-0.25, -0.2) is 13.2 Å². The summed E-state index contributed by atoms with van der Waals surface area (Å²) in [6.07, 6.45) is 0.980. The second-order valence-corrected chi connectivity index (χ2v) is 2.51. The zero-order valence-electron chi connectivity index (χ0n) is 5.94. The molecule has 3 heteroatoms. The van der Waals surface area contributed by atoms with Crippen molar-refractivity contribution >= 4 is 5.83 Å². The minimum absolute atomic E-state index is 0.255. The van der Waals surface area contributed by atoms with Crippen LogP contribution in [0.2, 0.25) is 0 Å². The van der Waals surface area contributed by atoms with E-state index in [4.69, 9.17) is 0 Å². The molecule has 1 radical (unpaired) electrons. The van der Waals surface area contributed by atoms with Gasteiger partial charge in [-0.2, -0.15) is 0 Å². The Bertz CT molecular complexity index is 366. The molecule has 2 rings (SSSR count). The van der Waals surface area contributed by atoms with Gasteiger partial charge >= 0.3 is 0 Å². The lowest BCUT2D eigenvalue weighted by molar-refractivity contribution is 0.603. The van der Waals surface area contributed by atoms with Gasteiger partial charge in [0.25, 0.3) is 0 Å². The fourth-order valence-corrected chi connectivity index (χ4v) is 1.21.